The molecule has 0 radical (unpaired) electrons. The van der Waals surface area contributed by atoms with Crippen LogP contribution in [0.4, 0.5) is 11.4 Å². The summed E-state index contributed by atoms with van der Waals surface area (Å²) in [5, 5.41) is 15.5. The molecule has 0 saturated carbocycles. The summed E-state index contributed by atoms with van der Waals surface area (Å²) >= 11 is 3.43. The van der Waals surface area contributed by atoms with Gasteiger partial charge in [-0.2, -0.15) is 0 Å². The molecule has 6 nitrogen and oxygen atoms in total. The first-order chi connectivity index (χ1) is 12.4. The number of hydrogen-bond acceptors (Lipinski definition) is 4. The number of nitro benzene ring substituents is 1. The molecule has 7 heteroatoms. The van der Waals surface area contributed by atoms with Crippen LogP contribution in [0.1, 0.15) is 6.92 Å². The van der Waals surface area contributed by atoms with Gasteiger partial charge in [-0.1, -0.05) is 34.1 Å². The number of rotatable bonds is 5. The predicted molar refractivity (Wildman–Crippen MR) is 103 cm³/mol. The first-order valence-electron chi connectivity index (χ1n) is 7.84. The van der Waals surface area contributed by atoms with Crippen molar-refractivity contribution in [2.45, 2.75) is 13.0 Å². The van der Waals surface area contributed by atoms with E-state index in [1.807, 2.05) is 30.3 Å². The van der Waals surface area contributed by atoms with Crippen molar-refractivity contribution in [1.29, 1.82) is 0 Å². The monoisotopic (exact) mass is 414 g/mol. The first kappa shape index (κ1) is 17.9. The summed E-state index contributed by atoms with van der Waals surface area (Å²) in [5.74, 6) is 0.183. The summed E-state index contributed by atoms with van der Waals surface area (Å²) < 4.78 is 6.70. The Balaban J connectivity index is 1.70. The normalized spacial score (nSPS) is 11.8. The number of anilines is 1. The van der Waals surface area contributed by atoms with E-state index in [2.05, 4.69) is 21.2 Å². The fourth-order valence-corrected chi connectivity index (χ4v) is 2.85. The second-order valence-electron chi connectivity index (χ2n) is 5.71. The summed E-state index contributed by atoms with van der Waals surface area (Å²) in [5.41, 5.74) is 0.264. The second kappa shape index (κ2) is 7.53. The van der Waals surface area contributed by atoms with Crippen molar-refractivity contribution in [3.63, 3.8) is 0 Å². The van der Waals surface area contributed by atoms with Crippen LogP contribution in [0.25, 0.3) is 10.8 Å². The zero-order valence-corrected chi connectivity index (χ0v) is 15.4. The molecule has 0 spiro atoms. The zero-order chi connectivity index (χ0) is 18.7. The SMILES string of the molecule is CC(Oc1ccc2cc(Br)ccc2c1)C(=O)Nc1cccc([N+](=O)[O-])c1. The minimum Gasteiger partial charge on any atom is -0.481 e. The van der Waals surface area contributed by atoms with Gasteiger partial charge in [-0.25, -0.2) is 0 Å². The van der Waals surface area contributed by atoms with Gasteiger partial charge in [0.15, 0.2) is 6.10 Å². The fraction of sp³-hybridized carbons (Fsp3) is 0.105. The van der Waals surface area contributed by atoms with Gasteiger partial charge in [0, 0.05) is 22.3 Å². The average molecular weight is 415 g/mol. The number of fused-ring (bicyclic) bond motifs is 1. The van der Waals surface area contributed by atoms with E-state index < -0.39 is 11.0 Å². The van der Waals surface area contributed by atoms with Gasteiger partial charge in [-0.05, 0) is 48.0 Å². The van der Waals surface area contributed by atoms with Gasteiger partial charge < -0.3 is 10.1 Å². The van der Waals surface area contributed by atoms with E-state index in [4.69, 9.17) is 4.74 Å². The summed E-state index contributed by atoms with van der Waals surface area (Å²) in [6, 6.07) is 17.2. The molecule has 0 fully saturated rings. The molecule has 0 aromatic heterocycles. The van der Waals surface area contributed by atoms with E-state index in [0.717, 1.165) is 15.2 Å². The van der Waals surface area contributed by atoms with Gasteiger partial charge in [0.25, 0.3) is 11.6 Å². The third kappa shape index (κ3) is 4.18. The van der Waals surface area contributed by atoms with Crippen LogP contribution in [0.5, 0.6) is 5.75 Å². The van der Waals surface area contributed by atoms with Gasteiger partial charge in [0.1, 0.15) is 5.75 Å². The summed E-state index contributed by atoms with van der Waals surface area (Å²) in [4.78, 5) is 22.6. The molecule has 0 bridgehead atoms. The fourth-order valence-electron chi connectivity index (χ4n) is 2.47. The topological polar surface area (TPSA) is 81.5 Å². The molecule has 0 aliphatic carbocycles. The molecule has 3 rings (SSSR count). The van der Waals surface area contributed by atoms with E-state index >= 15 is 0 Å². The maximum atomic E-state index is 12.3. The van der Waals surface area contributed by atoms with Crippen molar-refractivity contribution in [2.24, 2.45) is 0 Å². The van der Waals surface area contributed by atoms with Gasteiger partial charge in [0.2, 0.25) is 0 Å². The van der Waals surface area contributed by atoms with Crippen molar-refractivity contribution < 1.29 is 14.5 Å². The average Bonchev–Trinajstić information content (AvgIpc) is 2.62. The maximum Gasteiger partial charge on any atom is 0.271 e. The molecular weight excluding hydrogens is 400 g/mol. The number of amides is 1. The Labute approximate surface area is 158 Å². The third-order valence-electron chi connectivity index (χ3n) is 3.78. The number of non-ortho nitro benzene ring substituents is 1. The Morgan fingerprint density at radius 2 is 1.85 bits per heavy atom. The number of carbonyl (C=O) groups excluding carboxylic acids is 1. The molecule has 3 aromatic carbocycles. The Hall–Kier alpha value is -2.93. The van der Waals surface area contributed by atoms with Crippen molar-refractivity contribution in [1.82, 2.24) is 0 Å². The maximum absolute atomic E-state index is 12.3. The predicted octanol–water partition coefficient (Wildman–Crippen LogP) is 4.92. The Bertz CT molecular complexity index is 990. The quantitative estimate of drug-likeness (QED) is 0.474. The molecule has 0 aliphatic heterocycles. The zero-order valence-electron chi connectivity index (χ0n) is 13.8. The van der Waals surface area contributed by atoms with E-state index in [9.17, 15) is 14.9 Å². The van der Waals surface area contributed by atoms with Crippen molar-refractivity contribution in [3.8, 4) is 5.75 Å². The minimum absolute atomic E-state index is 0.0861. The van der Waals surface area contributed by atoms with E-state index in [0.29, 0.717) is 11.4 Å². The number of nitro groups is 1. The molecule has 1 unspecified atom stereocenters. The van der Waals surface area contributed by atoms with Crippen LogP contribution >= 0.6 is 15.9 Å². The highest BCUT2D eigenvalue weighted by Crippen LogP contribution is 2.25. The Morgan fingerprint density at radius 3 is 2.62 bits per heavy atom. The van der Waals surface area contributed by atoms with Crippen LogP contribution in [0.3, 0.4) is 0 Å². The van der Waals surface area contributed by atoms with E-state index in [1.165, 1.54) is 18.2 Å². The molecule has 0 heterocycles. The number of ether oxygens (including phenoxy) is 1. The lowest BCUT2D eigenvalue weighted by Gasteiger charge is -2.15. The van der Waals surface area contributed by atoms with Gasteiger partial charge >= 0.3 is 0 Å². The highest BCUT2D eigenvalue weighted by Gasteiger charge is 2.16. The van der Waals surface area contributed by atoms with Gasteiger partial charge in [0.05, 0.1) is 4.92 Å². The largest absolute Gasteiger partial charge is 0.481 e. The molecule has 3 aromatic rings. The number of nitrogens with zero attached hydrogens (tertiary/aromatic N) is 1. The van der Waals surface area contributed by atoms with Crippen LogP contribution in [-0.2, 0) is 4.79 Å². The van der Waals surface area contributed by atoms with Crippen LogP contribution in [0.15, 0.2) is 65.1 Å². The van der Waals surface area contributed by atoms with Crippen molar-refractivity contribution in [2.75, 3.05) is 5.32 Å². The lowest BCUT2D eigenvalue weighted by Crippen LogP contribution is -2.30. The molecule has 1 atom stereocenters. The summed E-state index contributed by atoms with van der Waals surface area (Å²) in [7, 11) is 0. The standard InChI is InChI=1S/C19H15BrN2O4/c1-12(19(23)21-16-3-2-4-17(11-16)22(24)25)26-18-8-6-13-9-15(20)7-5-14(13)10-18/h2-12H,1H3,(H,21,23). The number of benzene rings is 3. The summed E-state index contributed by atoms with van der Waals surface area (Å²) in [6.07, 6.45) is -0.762. The number of nitrogens with one attached hydrogen (secondary N) is 1. The third-order valence-corrected chi connectivity index (χ3v) is 4.27. The van der Waals surface area contributed by atoms with Gasteiger partial charge in [-0.3, -0.25) is 14.9 Å². The lowest BCUT2D eigenvalue weighted by molar-refractivity contribution is -0.384. The van der Waals surface area contributed by atoms with Crippen molar-refractivity contribution in [3.05, 3.63) is 75.3 Å². The summed E-state index contributed by atoms with van der Waals surface area (Å²) in [6.45, 7) is 1.62. The molecule has 132 valence electrons. The number of halogens is 1. The smallest absolute Gasteiger partial charge is 0.271 e. The molecule has 0 saturated heterocycles. The number of hydrogen-bond donors (Lipinski definition) is 1. The highest BCUT2D eigenvalue weighted by molar-refractivity contribution is 9.10. The highest BCUT2D eigenvalue weighted by atomic mass is 79.9. The molecular formula is C19H15BrN2O4. The Kier molecular flexibility index (Phi) is 5.18. The molecule has 1 amide bonds. The van der Waals surface area contributed by atoms with E-state index in [1.54, 1.807) is 19.1 Å². The molecule has 1 N–H and O–H groups in total. The first-order valence-corrected chi connectivity index (χ1v) is 8.63. The van der Waals surface area contributed by atoms with E-state index in [-0.39, 0.29) is 11.6 Å². The molecule has 26 heavy (non-hydrogen) atoms. The van der Waals surface area contributed by atoms with Crippen LogP contribution in [0.2, 0.25) is 0 Å². The van der Waals surface area contributed by atoms with Crippen molar-refractivity contribution >= 4 is 44.0 Å². The van der Waals surface area contributed by atoms with Gasteiger partial charge in [-0.15, -0.1) is 0 Å². The second-order valence-corrected chi connectivity index (χ2v) is 6.63. The lowest BCUT2D eigenvalue weighted by atomic mass is 10.1. The Morgan fingerprint density at radius 1 is 1.12 bits per heavy atom. The van der Waals surface area contributed by atoms with Crippen LogP contribution in [0, 0.1) is 10.1 Å². The van der Waals surface area contributed by atoms with Crippen LogP contribution < -0.4 is 10.1 Å². The van der Waals surface area contributed by atoms with Crippen LogP contribution in [-0.4, -0.2) is 16.9 Å². The minimum atomic E-state index is -0.762. The number of carbonyl (C=O) groups is 1. The molecule has 0 aliphatic rings.